The summed E-state index contributed by atoms with van der Waals surface area (Å²) in [6.45, 7) is 5.03. The van der Waals surface area contributed by atoms with Gasteiger partial charge in [-0.2, -0.15) is 0 Å². The Morgan fingerprint density at radius 2 is 1.78 bits per heavy atom. The van der Waals surface area contributed by atoms with Crippen LogP contribution in [0.15, 0.2) is 0 Å². The summed E-state index contributed by atoms with van der Waals surface area (Å²) in [5.41, 5.74) is -0.728. The van der Waals surface area contributed by atoms with Gasteiger partial charge in [0.05, 0.1) is 11.7 Å². The maximum absolute atomic E-state index is 9.03. The molecular formula is C6H15NaO2. The Labute approximate surface area is 78.6 Å². The van der Waals surface area contributed by atoms with Crippen LogP contribution in [0, 0.1) is 0 Å². The van der Waals surface area contributed by atoms with E-state index < -0.39 is 11.7 Å². The number of aliphatic hydroxyl groups is 2. The number of aliphatic hydroxyl groups excluding tert-OH is 1. The third-order valence-corrected chi connectivity index (χ3v) is 0.795. The molecule has 0 aliphatic rings. The average molecular weight is 142 g/mol. The SMILES string of the molecule is CC(O)CC(C)(C)O.[NaH]. The van der Waals surface area contributed by atoms with Crippen molar-refractivity contribution in [3.8, 4) is 0 Å². The van der Waals surface area contributed by atoms with E-state index in [4.69, 9.17) is 10.2 Å². The zero-order valence-corrected chi connectivity index (χ0v) is 5.68. The van der Waals surface area contributed by atoms with Crippen molar-refractivity contribution in [3.63, 3.8) is 0 Å². The van der Waals surface area contributed by atoms with E-state index in [0.717, 1.165) is 0 Å². The first kappa shape index (κ1) is 12.6. The van der Waals surface area contributed by atoms with Gasteiger partial charge in [0.1, 0.15) is 0 Å². The van der Waals surface area contributed by atoms with Crippen LogP contribution in [0.2, 0.25) is 0 Å². The molecule has 0 aliphatic carbocycles. The molecule has 1 unspecified atom stereocenters. The summed E-state index contributed by atoms with van der Waals surface area (Å²) in [4.78, 5) is 0. The summed E-state index contributed by atoms with van der Waals surface area (Å²) in [6.07, 6.45) is 0.0301. The topological polar surface area (TPSA) is 40.5 Å². The molecule has 0 aliphatic heterocycles. The first-order valence-corrected chi connectivity index (χ1v) is 2.82. The molecule has 0 rings (SSSR count). The minimum absolute atomic E-state index is 0. The van der Waals surface area contributed by atoms with E-state index in [0.29, 0.717) is 6.42 Å². The standard InChI is InChI=1S/C6H14O2.Na.H/c1-5(7)4-6(2,3)8;;/h5,7-8H,4H2,1-3H3;;. The van der Waals surface area contributed by atoms with Crippen molar-refractivity contribution < 1.29 is 10.2 Å². The van der Waals surface area contributed by atoms with Crippen LogP contribution in [0.4, 0.5) is 0 Å². The molecule has 9 heavy (non-hydrogen) atoms. The molecule has 0 aromatic rings. The third kappa shape index (κ3) is 12.2. The Balaban J connectivity index is 0. The predicted molar refractivity (Wildman–Crippen MR) is 39.7 cm³/mol. The molecule has 3 heteroatoms. The van der Waals surface area contributed by atoms with E-state index >= 15 is 0 Å². The first-order valence-electron chi connectivity index (χ1n) is 2.82. The first-order chi connectivity index (χ1) is 3.42. The van der Waals surface area contributed by atoms with Crippen molar-refractivity contribution in [1.29, 1.82) is 0 Å². The predicted octanol–water partition coefficient (Wildman–Crippen LogP) is -0.120. The van der Waals surface area contributed by atoms with E-state index in [1.165, 1.54) is 0 Å². The van der Waals surface area contributed by atoms with Crippen LogP contribution in [-0.2, 0) is 0 Å². The van der Waals surface area contributed by atoms with E-state index in [2.05, 4.69) is 0 Å². The normalized spacial score (nSPS) is 14.3. The van der Waals surface area contributed by atoms with Crippen LogP contribution in [0.3, 0.4) is 0 Å². The number of hydrogen-bond donors (Lipinski definition) is 2. The molecule has 2 N–H and O–H groups in total. The summed E-state index contributed by atoms with van der Waals surface area (Å²) in [7, 11) is 0. The molecule has 2 nitrogen and oxygen atoms in total. The van der Waals surface area contributed by atoms with E-state index in [9.17, 15) is 0 Å². The summed E-state index contributed by atoms with van der Waals surface area (Å²) in [6, 6.07) is 0. The van der Waals surface area contributed by atoms with Gasteiger partial charge >= 0.3 is 29.6 Å². The van der Waals surface area contributed by atoms with Crippen LogP contribution in [-0.4, -0.2) is 51.5 Å². The van der Waals surface area contributed by atoms with Gasteiger partial charge in [0.15, 0.2) is 0 Å². The molecule has 52 valence electrons. The fourth-order valence-corrected chi connectivity index (χ4v) is 0.723. The molecule has 0 saturated heterocycles. The molecule has 0 amide bonds. The second-order valence-corrected chi connectivity index (χ2v) is 2.87. The monoisotopic (exact) mass is 142 g/mol. The fraction of sp³-hybridized carbons (Fsp3) is 1.00. The van der Waals surface area contributed by atoms with Crippen molar-refractivity contribution in [1.82, 2.24) is 0 Å². The van der Waals surface area contributed by atoms with Crippen molar-refractivity contribution in [3.05, 3.63) is 0 Å². The maximum atomic E-state index is 9.03. The van der Waals surface area contributed by atoms with Gasteiger partial charge in [-0.3, -0.25) is 0 Å². The van der Waals surface area contributed by atoms with Gasteiger partial charge < -0.3 is 10.2 Å². The second kappa shape index (κ2) is 4.69. The quantitative estimate of drug-likeness (QED) is 0.528. The van der Waals surface area contributed by atoms with Crippen LogP contribution < -0.4 is 0 Å². The molecule has 1 atom stereocenters. The van der Waals surface area contributed by atoms with Gasteiger partial charge in [0, 0.05) is 6.42 Å². The molecule has 0 fully saturated rings. The van der Waals surface area contributed by atoms with Gasteiger partial charge in [-0.1, -0.05) is 0 Å². The molecule has 0 radical (unpaired) electrons. The Morgan fingerprint density at radius 3 is 1.78 bits per heavy atom. The Hall–Kier alpha value is 0.920. The summed E-state index contributed by atoms with van der Waals surface area (Å²) >= 11 is 0. The van der Waals surface area contributed by atoms with Crippen LogP contribution in [0.5, 0.6) is 0 Å². The van der Waals surface area contributed by atoms with Gasteiger partial charge in [-0.25, -0.2) is 0 Å². The summed E-state index contributed by atoms with van der Waals surface area (Å²) in [5, 5.41) is 17.8. The summed E-state index contributed by atoms with van der Waals surface area (Å²) < 4.78 is 0. The van der Waals surface area contributed by atoms with Gasteiger partial charge in [-0.05, 0) is 20.8 Å². The average Bonchev–Trinajstić information content (AvgIpc) is 1.21. The van der Waals surface area contributed by atoms with Gasteiger partial charge in [0.2, 0.25) is 0 Å². The van der Waals surface area contributed by atoms with E-state index in [-0.39, 0.29) is 29.6 Å². The van der Waals surface area contributed by atoms with Crippen molar-refractivity contribution >= 4 is 29.6 Å². The molecule has 0 saturated carbocycles. The molecule has 0 aromatic carbocycles. The molecule has 0 spiro atoms. The van der Waals surface area contributed by atoms with Gasteiger partial charge in [0.25, 0.3) is 0 Å². The van der Waals surface area contributed by atoms with Crippen molar-refractivity contribution in [2.24, 2.45) is 0 Å². The van der Waals surface area contributed by atoms with Crippen LogP contribution in [0.25, 0.3) is 0 Å². The van der Waals surface area contributed by atoms with Crippen LogP contribution in [0.1, 0.15) is 27.2 Å². The Bertz CT molecular complexity index is 65.9. The Morgan fingerprint density at radius 1 is 1.44 bits per heavy atom. The minimum atomic E-state index is -0.728. The van der Waals surface area contributed by atoms with Crippen LogP contribution >= 0.6 is 0 Å². The second-order valence-electron chi connectivity index (χ2n) is 2.87. The molecule has 0 aromatic heterocycles. The third-order valence-electron chi connectivity index (χ3n) is 0.795. The number of hydrogen-bond acceptors (Lipinski definition) is 2. The van der Waals surface area contributed by atoms with Gasteiger partial charge in [-0.15, -0.1) is 0 Å². The van der Waals surface area contributed by atoms with Crippen molar-refractivity contribution in [2.75, 3.05) is 0 Å². The van der Waals surface area contributed by atoms with Crippen molar-refractivity contribution in [2.45, 2.75) is 38.9 Å². The zero-order valence-electron chi connectivity index (χ0n) is 5.68. The molecular weight excluding hydrogens is 127 g/mol. The van der Waals surface area contributed by atoms with E-state index in [1.807, 2.05) is 0 Å². The fourth-order valence-electron chi connectivity index (χ4n) is 0.723. The summed E-state index contributed by atoms with van der Waals surface area (Å²) in [5.74, 6) is 0. The van der Waals surface area contributed by atoms with E-state index in [1.54, 1.807) is 20.8 Å². The molecule has 0 heterocycles. The number of rotatable bonds is 2. The molecule has 0 bridgehead atoms. The zero-order chi connectivity index (χ0) is 6.78. The Kier molecular flexibility index (Phi) is 6.56.